The lowest BCUT2D eigenvalue weighted by molar-refractivity contribution is 0.567. The van der Waals surface area contributed by atoms with Crippen LogP contribution in [0.25, 0.3) is 0 Å². The van der Waals surface area contributed by atoms with Gasteiger partial charge in [0.1, 0.15) is 0 Å². The molecule has 1 aromatic heterocycles. The number of benzene rings is 2. The van der Waals surface area contributed by atoms with Gasteiger partial charge < -0.3 is 4.90 Å². The molecule has 4 rings (SSSR count). The molecule has 3 aromatic rings. The molecule has 0 bridgehead atoms. The minimum atomic E-state index is 0.322. The van der Waals surface area contributed by atoms with E-state index in [1.165, 1.54) is 16.1 Å². The molecule has 1 unspecified atom stereocenters. The summed E-state index contributed by atoms with van der Waals surface area (Å²) in [5, 5.41) is 0.777. The van der Waals surface area contributed by atoms with Crippen molar-refractivity contribution in [1.82, 2.24) is 14.7 Å². The number of nitrogens with zero attached hydrogens (tertiary/aromatic N) is 3. The molecule has 1 aliphatic rings. The summed E-state index contributed by atoms with van der Waals surface area (Å²) in [6.07, 6.45) is 6.22. The van der Waals surface area contributed by atoms with Crippen LogP contribution in [0.15, 0.2) is 72.0 Å². The van der Waals surface area contributed by atoms with E-state index in [4.69, 9.17) is 11.6 Å². The molecule has 132 valence electrons. The molecule has 0 radical (unpaired) electrons. The maximum atomic E-state index is 6.24. The van der Waals surface area contributed by atoms with E-state index in [-0.39, 0.29) is 0 Å². The summed E-state index contributed by atoms with van der Waals surface area (Å²) < 4.78 is 3.61. The van der Waals surface area contributed by atoms with Crippen LogP contribution in [-0.4, -0.2) is 22.6 Å². The fourth-order valence-electron chi connectivity index (χ4n) is 3.20. The number of hydrogen-bond donors (Lipinski definition) is 1. The van der Waals surface area contributed by atoms with Crippen molar-refractivity contribution in [1.29, 1.82) is 0 Å². The lowest BCUT2D eigenvalue weighted by atomic mass is 9.98. The quantitative estimate of drug-likeness (QED) is 0.664. The summed E-state index contributed by atoms with van der Waals surface area (Å²) in [5.74, 6) is 0. The van der Waals surface area contributed by atoms with E-state index in [0.717, 1.165) is 30.2 Å². The third-order valence-corrected chi connectivity index (χ3v) is 5.54. The van der Waals surface area contributed by atoms with Crippen LogP contribution in [0.5, 0.6) is 0 Å². The van der Waals surface area contributed by atoms with Gasteiger partial charge in [-0.2, -0.15) is 0 Å². The van der Waals surface area contributed by atoms with Gasteiger partial charge in [0.2, 0.25) is 0 Å². The molecule has 2 heterocycles. The molecule has 0 saturated heterocycles. The summed E-state index contributed by atoms with van der Waals surface area (Å²) in [5.41, 5.74) is 3.45. The normalized spacial score (nSPS) is 16.3. The predicted molar refractivity (Wildman–Crippen MR) is 107 cm³/mol. The molecule has 1 N–H and O–H groups in total. The molecular weight excluding hydrogens is 364 g/mol. The highest BCUT2D eigenvalue weighted by Gasteiger charge is 2.25. The molecule has 0 aliphatic carbocycles. The molecule has 6 heteroatoms. The van der Waals surface area contributed by atoms with E-state index in [1.54, 1.807) is 24.3 Å². The maximum absolute atomic E-state index is 6.24. The van der Waals surface area contributed by atoms with E-state index >= 15 is 0 Å². The van der Waals surface area contributed by atoms with Crippen molar-refractivity contribution in [3.8, 4) is 0 Å². The van der Waals surface area contributed by atoms with Crippen molar-refractivity contribution >= 4 is 29.2 Å². The third kappa shape index (κ3) is 4.18. The highest BCUT2D eigenvalue weighted by Crippen LogP contribution is 2.31. The van der Waals surface area contributed by atoms with Crippen molar-refractivity contribution in [2.45, 2.75) is 23.9 Å². The maximum Gasteiger partial charge on any atom is 0.0779 e. The predicted octanol–water partition coefficient (Wildman–Crippen LogP) is 4.36. The van der Waals surface area contributed by atoms with Gasteiger partial charge in [0.15, 0.2) is 0 Å². The van der Waals surface area contributed by atoms with Gasteiger partial charge in [-0.05, 0) is 54.3 Å². The first kappa shape index (κ1) is 17.3. The number of halogens is 1. The zero-order valence-electron chi connectivity index (χ0n) is 14.2. The van der Waals surface area contributed by atoms with Gasteiger partial charge in [-0.1, -0.05) is 29.8 Å². The number of hydrogen-bond acceptors (Lipinski definition) is 5. The Labute approximate surface area is 162 Å². The van der Waals surface area contributed by atoms with E-state index < -0.39 is 0 Å². The first-order valence-electron chi connectivity index (χ1n) is 8.53. The van der Waals surface area contributed by atoms with Crippen molar-refractivity contribution in [2.24, 2.45) is 0 Å². The molecule has 0 saturated carbocycles. The standard InChI is InChI=1S/C20H19ClN4S/c21-16-6-7-20-15(10-16)11-17(24-26-19-4-2-1-3-5-19)13-25(20)14-18-12-22-8-9-23-18/h1-10,12,17,24H,11,13-14H2. The summed E-state index contributed by atoms with van der Waals surface area (Å²) in [7, 11) is 0. The first-order valence-corrected chi connectivity index (χ1v) is 9.73. The SMILES string of the molecule is Clc1ccc2c(c1)CC(NSc1ccccc1)CN2Cc1cnccn1. The van der Waals surface area contributed by atoms with Gasteiger partial charge in [0.25, 0.3) is 0 Å². The van der Waals surface area contributed by atoms with E-state index in [0.29, 0.717) is 6.04 Å². The number of nitrogens with one attached hydrogen (secondary N) is 1. The largest absolute Gasteiger partial charge is 0.364 e. The minimum Gasteiger partial charge on any atom is -0.364 e. The molecule has 0 fully saturated rings. The number of aromatic nitrogens is 2. The highest BCUT2D eigenvalue weighted by atomic mass is 35.5. The van der Waals surface area contributed by atoms with Gasteiger partial charge in [-0.15, -0.1) is 0 Å². The fraction of sp³-hybridized carbons (Fsp3) is 0.200. The first-order chi connectivity index (χ1) is 12.8. The van der Waals surface area contributed by atoms with Gasteiger partial charge in [-0.25, -0.2) is 0 Å². The summed E-state index contributed by atoms with van der Waals surface area (Å²) in [6.45, 7) is 1.64. The second kappa shape index (κ2) is 8.08. The van der Waals surface area contributed by atoms with Crippen molar-refractivity contribution in [3.63, 3.8) is 0 Å². The Kier molecular flexibility index (Phi) is 5.39. The Morgan fingerprint density at radius 3 is 2.85 bits per heavy atom. The van der Waals surface area contributed by atoms with Gasteiger partial charge >= 0.3 is 0 Å². The van der Waals surface area contributed by atoms with Crippen LogP contribution in [-0.2, 0) is 13.0 Å². The number of rotatable bonds is 5. The topological polar surface area (TPSA) is 41.0 Å². The minimum absolute atomic E-state index is 0.322. The second-order valence-electron chi connectivity index (χ2n) is 6.28. The van der Waals surface area contributed by atoms with E-state index in [1.807, 2.05) is 18.3 Å². The lowest BCUT2D eigenvalue weighted by Crippen LogP contribution is -2.43. The zero-order chi connectivity index (χ0) is 17.8. The average Bonchev–Trinajstić information content (AvgIpc) is 2.68. The summed E-state index contributed by atoms with van der Waals surface area (Å²) >= 11 is 7.92. The van der Waals surface area contributed by atoms with Crippen LogP contribution in [0.3, 0.4) is 0 Å². The number of fused-ring (bicyclic) bond motifs is 1. The Bertz CT molecular complexity index is 860. The Morgan fingerprint density at radius 2 is 2.04 bits per heavy atom. The van der Waals surface area contributed by atoms with Crippen LogP contribution in [0.4, 0.5) is 5.69 Å². The monoisotopic (exact) mass is 382 g/mol. The molecule has 1 atom stereocenters. The zero-order valence-corrected chi connectivity index (χ0v) is 15.7. The van der Waals surface area contributed by atoms with Crippen LogP contribution in [0, 0.1) is 0 Å². The molecule has 1 aliphatic heterocycles. The fourth-order valence-corrected chi connectivity index (χ4v) is 4.14. The van der Waals surface area contributed by atoms with Crippen molar-refractivity contribution in [3.05, 3.63) is 83.4 Å². The summed E-state index contributed by atoms with van der Waals surface area (Å²) in [4.78, 5) is 12.2. The van der Waals surface area contributed by atoms with E-state index in [2.05, 4.69) is 56.0 Å². The van der Waals surface area contributed by atoms with Gasteiger partial charge in [-0.3, -0.25) is 14.7 Å². The number of anilines is 1. The highest BCUT2D eigenvalue weighted by molar-refractivity contribution is 7.97. The van der Waals surface area contributed by atoms with Crippen LogP contribution in [0.1, 0.15) is 11.3 Å². The van der Waals surface area contributed by atoms with Gasteiger partial charge in [0.05, 0.1) is 18.4 Å². The molecular formula is C20H19ClN4S. The molecule has 26 heavy (non-hydrogen) atoms. The molecule has 0 amide bonds. The van der Waals surface area contributed by atoms with E-state index in [9.17, 15) is 0 Å². The molecule has 4 nitrogen and oxygen atoms in total. The van der Waals surface area contributed by atoms with Crippen molar-refractivity contribution in [2.75, 3.05) is 11.4 Å². The molecule has 0 spiro atoms. The Morgan fingerprint density at radius 1 is 1.15 bits per heavy atom. The smallest absolute Gasteiger partial charge is 0.0779 e. The average molecular weight is 383 g/mol. The van der Waals surface area contributed by atoms with Crippen LogP contribution in [0.2, 0.25) is 5.02 Å². The van der Waals surface area contributed by atoms with Crippen LogP contribution < -0.4 is 9.62 Å². The third-order valence-electron chi connectivity index (χ3n) is 4.35. The Balaban J connectivity index is 1.53. The second-order valence-corrected chi connectivity index (χ2v) is 7.63. The van der Waals surface area contributed by atoms with Gasteiger partial charge in [0, 0.05) is 40.6 Å². The molecule has 2 aromatic carbocycles. The Hall–Kier alpha value is -2.08. The van der Waals surface area contributed by atoms with Crippen LogP contribution >= 0.6 is 23.5 Å². The lowest BCUT2D eigenvalue weighted by Gasteiger charge is -2.36. The summed E-state index contributed by atoms with van der Waals surface area (Å²) in [6, 6.07) is 16.8. The van der Waals surface area contributed by atoms with Crippen molar-refractivity contribution < 1.29 is 0 Å².